The van der Waals surface area contributed by atoms with Gasteiger partial charge in [0.25, 0.3) is 0 Å². The zero-order valence-electron chi connectivity index (χ0n) is 12.8. The van der Waals surface area contributed by atoms with Crippen molar-refractivity contribution in [1.82, 2.24) is 5.32 Å². The van der Waals surface area contributed by atoms with E-state index in [0.717, 1.165) is 19.3 Å². The van der Waals surface area contributed by atoms with Gasteiger partial charge in [0.2, 0.25) is 5.91 Å². The molecule has 21 heavy (non-hydrogen) atoms. The Bertz CT molecular complexity index is 461. The van der Waals surface area contributed by atoms with E-state index in [0.29, 0.717) is 24.4 Å². The number of rotatable bonds is 8. The number of nitrogens with one attached hydrogen (secondary N) is 1. The summed E-state index contributed by atoms with van der Waals surface area (Å²) in [5, 5.41) is 21.5. The van der Waals surface area contributed by atoms with E-state index in [1.54, 1.807) is 6.07 Å². The average Bonchev–Trinajstić information content (AvgIpc) is 2.42. The molecular weight excluding hydrogens is 268 g/mol. The number of phenolic OH excluding ortho intramolecular Hbond substituents is 2. The van der Waals surface area contributed by atoms with Crippen molar-refractivity contribution in [3.63, 3.8) is 0 Å². The van der Waals surface area contributed by atoms with Gasteiger partial charge in [0.05, 0.1) is 6.04 Å². The first-order valence-corrected chi connectivity index (χ1v) is 7.44. The first kappa shape index (κ1) is 17.3. The maximum Gasteiger partial charge on any atom is 0.237 e. The zero-order valence-corrected chi connectivity index (χ0v) is 12.8. The fourth-order valence-electron chi connectivity index (χ4n) is 2.06. The molecular formula is C16H26N2O3. The van der Waals surface area contributed by atoms with Crippen LogP contribution in [0.2, 0.25) is 0 Å². The molecule has 0 aromatic heterocycles. The second-order valence-electron chi connectivity index (χ2n) is 5.81. The minimum absolute atomic E-state index is 0.179. The van der Waals surface area contributed by atoms with Crippen molar-refractivity contribution >= 4 is 5.91 Å². The molecule has 0 aliphatic rings. The molecule has 1 aromatic carbocycles. The van der Waals surface area contributed by atoms with Gasteiger partial charge in [0, 0.05) is 6.54 Å². The molecule has 0 unspecified atom stereocenters. The summed E-state index contributed by atoms with van der Waals surface area (Å²) in [4.78, 5) is 11.8. The molecule has 5 heteroatoms. The van der Waals surface area contributed by atoms with E-state index in [4.69, 9.17) is 5.73 Å². The fourth-order valence-corrected chi connectivity index (χ4v) is 2.06. The predicted octanol–water partition coefficient (Wildman–Crippen LogP) is 1.91. The summed E-state index contributed by atoms with van der Waals surface area (Å²) < 4.78 is 0. The molecule has 0 fully saturated rings. The van der Waals surface area contributed by atoms with E-state index in [1.165, 1.54) is 12.1 Å². The number of benzene rings is 1. The third-order valence-corrected chi connectivity index (χ3v) is 3.34. The van der Waals surface area contributed by atoms with Crippen LogP contribution in [0.3, 0.4) is 0 Å². The molecule has 5 nitrogen and oxygen atoms in total. The number of carbonyl (C=O) groups excluding carboxylic acids is 1. The van der Waals surface area contributed by atoms with Crippen molar-refractivity contribution in [2.75, 3.05) is 6.54 Å². The van der Waals surface area contributed by atoms with Crippen LogP contribution in [0.4, 0.5) is 0 Å². The Kier molecular flexibility index (Phi) is 7.02. The van der Waals surface area contributed by atoms with Gasteiger partial charge in [-0.2, -0.15) is 0 Å². The lowest BCUT2D eigenvalue weighted by Crippen LogP contribution is -2.42. The van der Waals surface area contributed by atoms with Crippen LogP contribution < -0.4 is 11.1 Å². The topological polar surface area (TPSA) is 95.6 Å². The molecule has 1 rings (SSSR count). The lowest BCUT2D eigenvalue weighted by atomic mass is 10.0. The second kappa shape index (κ2) is 8.52. The largest absolute Gasteiger partial charge is 0.504 e. The average molecular weight is 294 g/mol. The molecule has 1 aromatic rings. The maximum absolute atomic E-state index is 11.8. The van der Waals surface area contributed by atoms with Crippen LogP contribution in [0, 0.1) is 5.92 Å². The Hall–Kier alpha value is -1.75. The van der Waals surface area contributed by atoms with E-state index in [9.17, 15) is 15.0 Å². The Morgan fingerprint density at radius 3 is 2.57 bits per heavy atom. The van der Waals surface area contributed by atoms with Gasteiger partial charge in [0.1, 0.15) is 0 Å². The minimum atomic E-state index is -0.654. The molecule has 118 valence electrons. The monoisotopic (exact) mass is 294 g/mol. The fraction of sp³-hybridized carbons (Fsp3) is 0.562. The molecule has 0 radical (unpaired) electrons. The van der Waals surface area contributed by atoms with Crippen molar-refractivity contribution in [2.24, 2.45) is 11.7 Å². The van der Waals surface area contributed by atoms with Crippen LogP contribution in [0.5, 0.6) is 11.5 Å². The smallest absolute Gasteiger partial charge is 0.237 e. The van der Waals surface area contributed by atoms with Gasteiger partial charge in [-0.05, 0) is 36.5 Å². The normalized spacial score (nSPS) is 12.4. The number of hydrogen-bond donors (Lipinski definition) is 4. The van der Waals surface area contributed by atoms with Crippen molar-refractivity contribution in [3.8, 4) is 11.5 Å². The van der Waals surface area contributed by atoms with Gasteiger partial charge in [-0.25, -0.2) is 0 Å². The highest BCUT2D eigenvalue weighted by atomic mass is 16.3. The first-order valence-electron chi connectivity index (χ1n) is 7.44. The van der Waals surface area contributed by atoms with Crippen molar-refractivity contribution in [1.29, 1.82) is 0 Å². The van der Waals surface area contributed by atoms with Crippen molar-refractivity contribution in [3.05, 3.63) is 23.8 Å². The van der Waals surface area contributed by atoms with E-state index >= 15 is 0 Å². The Morgan fingerprint density at radius 1 is 1.24 bits per heavy atom. The quantitative estimate of drug-likeness (QED) is 0.435. The summed E-state index contributed by atoms with van der Waals surface area (Å²) in [6.07, 6.45) is 3.54. The highest BCUT2D eigenvalue weighted by Gasteiger charge is 2.14. The van der Waals surface area contributed by atoms with Crippen LogP contribution in [-0.2, 0) is 11.2 Å². The summed E-state index contributed by atoms with van der Waals surface area (Å²) in [7, 11) is 0. The lowest BCUT2D eigenvalue weighted by Gasteiger charge is -2.13. The van der Waals surface area contributed by atoms with Gasteiger partial charge in [-0.1, -0.05) is 32.8 Å². The number of carbonyl (C=O) groups is 1. The number of amides is 1. The van der Waals surface area contributed by atoms with Crippen LogP contribution in [0.25, 0.3) is 0 Å². The van der Waals surface area contributed by atoms with E-state index in [2.05, 4.69) is 19.2 Å². The van der Waals surface area contributed by atoms with Crippen LogP contribution >= 0.6 is 0 Å². The molecule has 0 aliphatic carbocycles. The molecule has 0 bridgehead atoms. The van der Waals surface area contributed by atoms with Gasteiger partial charge >= 0.3 is 0 Å². The summed E-state index contributed by atoms with van der Waals surface area (Å²) in [5.41, 5.74) is 6.56. The summed E-state index contributed by atoms with van der Waals surface area (Å²) in [5.74, 6) is 0.118. The van der Waals surface area contributed by atoms with Gasteiger partial charge in [-0.3, -0.25) is 4.79 Å². The summed E-state index contributed by atoms with van der Waals surface area (Å²) in [6, 6.07) is 3.80. The number of aromatic hydroxyl groups is 2. The van der Waals surface area contributed by atoms with Crippen molar-refractivity contribution in [2.45, 2.75) is 45.6 Å². The number of unbranched alkanes of at least 4 members (excludes halogenated alkanes) is 1. The number of nitrogens with two attached hydrogens (primary N) is 1. The number of phenols is 2. The third kappa shape index (κ3) is 6.49. The SMILES string of the molecule is CC(C)CCCCNC(=O)[C@@H](N)Cc1ccc(O)c(O)c1. The highest BCUT2D eigenvalue weighted by Crippen LogP contribution is 2.25. The van der Waals surface area contributed by atoms with E-state index in [-0.39, 0.29) is 17.4 Å². The van der Waals surface area contributed by atoms with Gasteiger partial charge in [-0.15, -0.1) is 0 Å². The predicted molar refractivity (Wildman–Crippen MR) is 83.1 cm³/mol. The molecule has 5 N–H and O–H groups in total. The van der Waals surface area contributed by atoms with E-state index < -0.39 is 6.04 Å². The standard InChI is InChI=1S/C16H26N2O3/c1-11(2)5-3-4-8-18-16(21)13(17)9-12-6-7-14(19)15(20)10-12/h6-7,10-11,13,19-20H,3-5,8-9,17H2,1-2H3,(H,18,21)/t13-/m0/s1. The summed E-state index contributed by atoms with van der Waals surface area (Å²) in [6.45, 7) is 5.00. The number of hydrogen-bond acceptors (Lipinski definition) is 4. The van der Waals surface area contributed by atoms with Crippen LogP contribution in [0.15, 0.2) is 18.2 Å². The molecule has 0 saturated heterocycles. The molecule has 0 saturated carbocycles. The third-order valence-electron chi connectivity index (χ3n) is 3.34. The Labute approximate surface area is 126 Å². The molecule has 0 heterocycles. The maximum atomic E-state index is 11.8. The van der Waals surface area contributed by atoms with Crippen LogP contribution in [-0.4, -0.2) is 28.7 Å². The Balaban J connectivity index is 2.32. The zero-order chi connectivity index (χ0) is 15.8. The second-order valence-corrected chi connectivity index (χ2v) is 5.81. The van der Waals surface area contributed by atoms with Crippen LogP contribution in [0.1, 0.15) is 38.7 Å². The highest BCUT2D eigenvalue weighted by molar-refractivity contribution is 5.81. The Morgan fingerprint density at radius 2 is 1.95 bits per heavy atom. The minimum Gasteiger partial charge on any atom is -0.504 e. The van der Waals surface area contributed by atoms with Crippen molar-refractivity contribution < 1.29 is 15.0 Å². The summed E-state index contributed by atoms with van der Waals surface area (Å²) >= 11 is 0. The lowest BCUT2D eigenvalue weighted by molar-refractivity contribution is -0.122. The molecule has 1 atom stereocenters. The molecule has 0 spiro atoms. The van der Waals surface area contributed by atoms with Gasteiger partial charge < -0.3 is 21.3 Å². The van der Waals surface area contributed by atoms with Gasteiger partial charge in [0.15, 0.2) is 11.5 Å². The van der Waals surface area contributed by atoms with E-state index in [1.807, 2.05) is 0 Å². The first-order chi connectivity index (χ1) is 9.90. The molecule has 0 aliphatic heterocycles. The molecule has 1 amide bonds.